The molecule has 168 valence electrons. The number of rotatable bonds is 7. The van der Waals surface area contributed by atoms with Gasteiger partial charge in [-0.05, 0) is 43.2 Å². The fraction of sp³-hybridized carbons (Fsp3) is 0.409. The summed E-state index contributed by atoms with van der Waals surface area (Å²) in [5, 5.41) is 3.07. The van der Waals surface area contributed by atoms with Crippen LogP contribution in [-0.2, 0) is 27.8 Å². The normalized spacial score (nSPS) is 19.7. The summed E-state index contributed by atoms with van der Waals surface area (Å²) in [6.07, 6.45) is 1.50. The molecule has 0 spiro atoms. The Bertz CT molecular complexity index is 1020. The fourth-order valence-corrected chi connectivity index (χ4v) is 4.45. The SMILES string of the molecule is CC1CN(Cc2ccc(CNC(=O)c3ccc(Cl)c(NS(C)(=O)=O)c3)cc2)CC(C)O1. The first-order chi connectivity index (χ1) is 14.6. The number of hydrogen-bond acceptors (Lipinski definition) is 5. The van der Waals surface area contributed by atoms with Crippen molar-refractivity contribution in [3.05, 3.63) is 64.2 Å². The summed E-state index contributed by atoms with van der Waals surface area (Å²) in [7, 11) is -3.50. The van der Waals surface area contributed by atoms with Crippen molar-refractivity contribution in [3.8, 4) is 0 Å². The predicted octanol–water partition coefficient (Wildman–Crippen LogP) is 3.25. The van der Waals surface area contributed by atoms with Crippen molar-refractivity contribution in [2.45, 2.75) is 39.1 Å². The van der Waals surface area contributed by atoms with Crippen molar-refractivity contribution in [3.63, 3.8) is 0 Å². The molecule has 1 aliphatic heterocycles. The number of carbonyl (C=O) groups excluding carboxylic acids is 1. The number of benzene rings is 2. The molecule has 2 aromatic rings. The number of ether oxygens (including phenoxy) is 1. The molecule has 2 N–H and O–H groups in total. The van der Waals surface area contributed by atoms with Crippen molar-refractivity contribution in [2.75, 3.05) is 24.1 Å². The van der Waals surface area contributed by atoms with Crippen LogP contribution in [-0.4, -0.2) is 50.8 Å². The summed E-state index contributed by atoms with van der Waals surface area (Å²) in [4.78, 5) is 14.9. The van der Waals surface area contributed by atoms with Gasteiger partial charge < -0.3 is 10.1 Å². The first kappa shape index (κ1) is 23.5. The molecule has 1 saturated heterocycles. The van der Waals surface area contributed by atoms with E-state index in [9.17, 15) is 13.2 Å². The van der Waals surface area contributed by atoms with Crippen LogP contribution in [0.3, 0.4) is 0 Å². The standard InChI is InChI=1S/C22H28ClN3O4S/c1-15-12-26(13-16(2)30-15)14-18-6-4-17(5-7-18)11-24-22(27)19-8-9-20(23)21(10-19)25-31(3,28)29/h4-10,15-16,25H,11-14H2,1-3H3,(H,24,27). The number of carbonyl (C=O) groups is 1. The van der Waals surface area contributed by atoms with Gasteiger partial charge in [-0.25, -0.2) is 8.42 Å². The summed E-state index contributed by atoms with van der Waals surface area (Å²) < 4.78 is 31.0. The number of hydrogen-bond donors (Lipinski definition) is 2. The average Bonchev–Trinajstić information content (AvgIpc) is 2.67. The van der Waals surface area contributed by atoms with Gasteiger partial charge in [0.15, 0.2) is 0 Å². The first-order valence-electron chi connectivity index (χ1n) is 10.1. The number of sulfonamides is 1. The zero-order chi connectivity index (χ0) is 22.6. The lowest BCUT2D eigenvalue weighted by Gasteiger charge is -2.35. The van der Waals surface area contributed by atoms with Gasteiger partial charge in [-0.1, -0.05) is 35.9 Å². The smallest absolute Gasteiger partial charge is 0.251 e. The molecular weight excluding hydrogens is 438 g/mol. The van der Waals surface area contributed by atoms with Crippen molar-refractivity contribution in [1.82, 2.24) is 10.2 Å². The van der Waals surface area contributed by atoms with Crippen LogP contribution in [0.2, 0.25) is 5.02 Å². The molecule has 7 nitrogen and oxygen atoms in total. The van der Waals surface area contributed by atoms with E-state index in [2.05, 4.69) is 40.9 Å². The van der Waals surface area contributed by atoms with Crippen LogP contribution in [0.1, 0.15) is 35.3 Å². The third-order valence-electron chi connectivity index (χ3n) is 4.90. The van der Waals surface area contributed by atoms with Crippen LogP contribution < -0.4 is 10.0 Å². The number of nitrogens with zero attached hydrogens (tertiary/aromatic N) is 1. The summed E-state index contributed by atoms with van der Waals surface area (Å²) in [6, 6.07) is 12.6. The maximum atomic E-state index is 12.5. The Morgan fingerprint density at radius 3 is 2.32 bits per heavy atom. The number of halogens is 1. The molecule has 1 fully saturated rings. The molecule has 2 unspecified atom stereocenters. The second-order valence-electron chi connectivity index (χ2n) is 8.02. The molecular formula is C22H28ClN3O4S. The molecule has 3 rings (SSSR count). The minimum Gasteiger partial charge on any atom is -0.373 e. The van der Waals surface area contributed by atoms with Crippen LogP contribution in [0.4, 0.5) is 5.69 Å². The number of nitrogens with one attached hydrogen (secondary N) is 2. The van der Waals surface area contributed by atoms with Crippen LogP contribution in [0.5, 0.6) is 0 Å². The van der Waals surface area contributed by atoms with Gasteiger partial charge in [-0.3, -0.25) is 14.4 Å². The Hall–Kier alpha value is -2.13. The van der Waals surface area contributed by atoms with E-state index in [0.717, 1.165) is 31.5 Å². The van der Waals surface area contributed by atoms with Crippen molar-refractivity contribution in [2.24, 2.45) is 0 Å². The van der Waals surface area contributed by atoms with E-state index in [1.165, 1.54) is 17.7 Å². The molecule has 9 heteroatoms. The molecule has 0 saturated carbocycles. The van der Waals surface area contributed by atoms with Gasteiger partial charge in [0.05, 0.1) is 29.2 Å². The minimum atomic E-state index is -3.50. The largest absolute Gasteiger partial charge is 0.373 e. The Labute approximate surface area is 188 Å². The van der Waals surface area contributed by atoms with Gasteiger partial charge in [0.25, 0.3) is 5.91 Å². The summed E-state index contributed by atoms with van der Waals surface area (Å²) in [5.41, 5.74) is 2.69. The Morgan fingerprint density at radius 2 is 1.71 bits per heavy atom. The molecule has 2 atom stereocenters. The van der Waals surface area contributed by atoms with Gasteiger partial charge in [-0.2, -0.15) is 0 Å². The van der Waals surface area contributed by atoms with Gasteiger partial charge in [0.1, 0.15) is 0 Å². The minimum absolute atomic E-state index is 0.174. The van der Waals surface area contributed by atoms with Gasteiger partial charge >= 0.3 is 0 Å². The van der Waals surface area contributed by atoms with E-state index in [-0.39, 0.29) is 28.8 Å². The molecule has 1 amide bonds. The Kier molecular flexibility index (Phi) is 7.59. The number of amides is 1. The van der Waals surface area contributed by atoms with Crippen molar-refractivity contribution >= 4 is 33.2 Å². The van der Waals surface area contributed by atoms with Crippen LogP contribution >= 0.6 is 11.6 Å². The van der Waals surface area contributed by atoms with Crippen LogP contribution in [0, 0.1) is 0 Å². The second-order valence-corrected chi connectivity index (χ2v) is 10.2. The average molecular weight is 466 g/mol. The van der Waals surface area contributed by atoms with Gasteiger partial charge in [0.2, 0.25) is 10.0 Å². The van der Waals surface area contributed by atoms with E-state index in [1.54, 1.807) is 6.07 Å². The van der Waals surface area contributed by atoms with E-state index in [0.29, 0.717) is 12.1 Å². The fourth-order valence-electron chi connectivity index (χ4n) is 3.66. The third-order valence-corrected chi connectivity index (χ3v) is 5.82. The highest BCUT2D eigenvalue weighted by Crippen LogP contribution is 2.24. The van der Waals surface area contributed by atoms with Gasteiger partial charge in [0, 0.05) is 31.7 Å². The topological polar surface area (TPSA) is 87.7 Å². The zero-order valence-corrected chi connectivity index (χ0v) is 19.5. The van der Waals surface area contributed by atoms with Crippen LogP contribution in [0.15, 0.2) is 42.5 Å². The van der Waals surface area contributed by atoms with E-state index in [1.807, 2.05) is 12.1 Å². The predicted molar refractivity (Wildman–Crippen MR) is 123 cm³/mol. The quantitative estimate of drug-likeness (QED) is 0.655. The molecule has 0 radical (unpaired) electrons. The molecule has 0 bridgehead atoms. The van der Waals surface area contributed by atoms with E-state index < -0.39 is 10.0 Å². The van der Waals surface area contributed by atoms with Gasteiger partial charge in [-0.15, -0.1) is 0 Å². The Morgan fingerprint density at radius 1 is 1.10 bits per heavy atom. The summed E-state index contributed by atoms with van der Waals surface area (Å²) in [5.74, 6) is -0.311. The van der Waals surface area contributed by atoms with E-state index >= 15 is 0 Å². The number of anilines is 1. The molecule has 1 aliphatic rings. The Balaban J connectivity index is 1.56. The molecule has 0 aliphatic carbocycles. The lowest BCUT2D eigenvalue weighted by molar-refractivity contribution is -0.0704. The first-order valence-corrected chi connectivity index (χ1v) is 12.4. The van der Waals surface area contributed by atoms with Crippen LogP contribution in [0.25, 0.3) is 0 Å². The third kappa shape index (κ3) is 7.21. The maximum absolute atomic E-state index is 12.5. The number of morpholine rings is 1. The van der Waals surface area contributed by atoms with E-state index in [4.69, 9.17) is 16.3 Å². The van der Waals surface area contributed by atoms with Crippen molar-refractivity contribution in [1.29, 1.82) is 0 Å². The summed E-state index contributed by atoms with van der Waals surface area (Å²) in [6.45, 7) is 7.25. The second kappa shape index (κ2) is 9.99. The highest BCUT2D eigenvalue weighted by atomic mass is 35.5. The highest BCUT2D eigenvalue weighted by Gasteiger charge is 2.22. The van der Waals surface area contributed by atoms with Crippen molar-refractivity contribution < 1.29 is 17.9 Å². The monoisotopic (exact) mass is 465 g/mol. The molecule has 0 aromatic heterocycles. The maximum Gasteiger partial charge on any atom is 0.251 e. The summed E-state index contributed by atoms with van der Waals surface area (Å²) >= 11 is 6.01. The lowest BCUT2D eigenvalue weighted by atomic mass is 10.1. The highest BCUT2D eigenvalue weighted by molar-refractivity contribution is 7.92. The molecule has 31 heavy (non-hydrogen) atoms. The molecule has 2 aromatic carbocycles. The lowest BCUT2D eigenvalue weighted by Crippen LogP contribution is -2.44. The molecule has 1 heterocycles. The zero-order valence-electron chi connectivity index (χ0n) is 17.9.